The number of piperidine rings is 1. The summed E-state index contributed by atoms with van der Waals surface area (Å²) in [5.74, 6) is 0.168. The molecule has 2 unspecified atom stereocenters. The van der Waals surface area contributed by atoms with Gasteiger partial charge in [-0.25, -0.2) is 0 Å². The van der Waals surface area contributed by atoms with Crippen LogP contribution in [-0.2, 0) is 9.53 Å². The minimum Gasteiger partial charge on any atom is -0.381 e. The molecular formula is C16H23N3O2. The molecule has 1 fully saturated rings. The Kier molecular flexibility index (Phi) is 4.29. The number of carbonyl (C=O) groups is 1. The van der Waals surface area contributed by atoms with Crippen molar-refractivity contribution in [1.82, 2.24) is 4.90 Å². The van der Waals surface area contributed by atoms with E-state index in [1.807, 2.05) is 36.1 Å². The van der Waals surface area contributed by atoms with Gasteiger partial charge in [-0.1, -0.05) is 12.1 Å². The molecule has 0 spiro atoms. The summed E-state index contributed by atoms with van der Waals surface area (Å²) >= 11 is 0. The Morgan fingerprint density at radius 2 is 2.19 bits per heavy atom. The van der Waals surface area contributed by atoms with E-state index in [1.165, 1.54) is 0 Å². The molecule has 2 aliphatic rings. The lowest BCUT2D eigenvalue weighted by Crippen LogP contribution is -2.52. The van der Waals surface area contributed by atoms with Gasteiger partial charge in [0.2, 0.25) is 5.91 Å². The Morgan fingerprint density at radius 1 is 1.38 bits per heavy atom. The Labute approximate surface area is 125 Å². The molecule has 5 heteroatoms. The lowest BCUT2D eigenvalue weighted by molar-refractivity contribution is -0.135. The van der Waals surface area contributed by atoms with E-state index < -0.39 is 0 Å². The van der Waals surface area contributed by atoms with Gasteiger partial charge in [-0.3, -0.25) is 4.79 Å². The second-order valence-corrected chi connectivity index (χ2v) is 5.63. The third-order valence-corrected chi connectivity index (χ3v) is 4.14. The number of nitrogens with zero attached hydrogens (tertiary/aromatic N) is 1. The topological polar surface area (TPSA) is 53.6 Å². The lowest BCUT2D eigenvalue weighted by atomic mass is 10.1. The Bertz CT molecular complexity index is 504. The first kappa shape index (κ1) is 14.2. The monoisotopic (exact) mass is 289 g/mol. The van der Waals surface area contributed by atoms with Gasteiger partial charge < -0.3 is 20.3 Å². The first-order chi connectivity index (χ1) is 10.3. The molecule has 0 aromatic heterocycles. The summed E-state index contributed by atoms with van der Waals surface area (Å²) in [4.78, 5) is 14.6. The van der Waals surface area contributed by atoms with E-state index in [0.717, 1.165) is 30.8 Å². The largest absolute Gasteiger partial charge is 0.381 e. The van der Waals surface area contributed by atoms with Crippen molar-refractivity contribution < 1.29 is 9.53 Å². The first-order valence-electron chi connectivity index (χ1n) is 7.77. The number of nitrogens with one attached hydrogen (secondary N) is 2. The number of carbonyl (C=O) groups excluding carboxylic acids is 1. The molecule has 0 radical (unpaired) electrons. The number of hydrogen-bond donors (Lipinski definition) is 2. The maximum Gasteiger partial charge on any atom is 0.246 e. The van der Waals surface area contributed by atoms with Crippen LogP contribution in [0, 0.1) is 0 Å². The highest BCUT2D eigenvalue weighted by molar-refractivity contribution is 5.88. The number of hydrogen-bond acceptors (Lipinski definition) is 4. The van der Waals surface area contributed by atoms with Crippen LogP contribution in [0.5, 0.6) is 0 Å². The lowest BCUT2D eigenvalue weighted by Gasteiger charge is -2.36. The highest BCUT2D eigenvalue weighted by atomic mass is 16.5. The normalized spacial score (nSPS) is 24.7. The fourth-order valence-corrected chi connectivity index (χ4v) is 3.09. The number of para-hydroxylation sites is 2. The van der Waals surface area contributed by atoms with E-state index in [0.29, 0.717) is 19.7 Å². The number of benzene rings is 1. The average molecular weight is 289 g/mol. The Hall–Kier alpha value is -1.75. The molecule has 1 amide bonds. The SMILES string of the molecule is CCOC1CCCN(C(=O)C2CNc3ccccc3N2)C1. The number of ether oxygens (including phenoxy) is 1. The smallest absolute Gasteiger partial charge is 0.246 e. The van der Waals surface area contributed by atoms with Crippen molar-refractivity contribution in [1.29, 1.82) is 0 Å². The van der Waals surface area contributed by atoms with E-state index >= 15 is 0 Å². The third kappa shape index (κ3) is 3.13. The number of likely N-dealkylation sites (tertiary alicyclic amines) is 1. The van der Waals surface area contributed by atoms with Gasteiger partial charge >= 0.3 is 0 Å². The molecular weight excluding hydrogens is 266 g/mol. The van der Waals surface area contributed by atoms with Crippen LogP contribution in [0.2, 0.25) is 0 Å². The second kappa shape index (κ2) is 6.35. The van der Waals surface area contributed by atoms with E-state index in [2.05, 4.69) is 10.6 Å². The molecule has 21 heavy (non-hydrogen) atoms. The maximum absolute atomic E-state index is 12.7. The highest BCUT2D eigenvalue weighted by Crippen LogP contribution is 2.26. The van der Waals surface area contributed by atoms with Crippen LogP contribution in [-0.4, -0.2) is 49.2 Å². The van der Waals surface area contributed by atoms with Gasteiger partial charge in [-0.15, -0.1) is 0 Å². The fraction of sp³-hybridized carbons (Fsp3) is 0.562. The molecule has 1 aromatic carbocycles. The Balaban J connectivity index is 1.63. The first-order valence-corrected chi connectivity index (χ1v) is 7.77. The van der Waals surface area contributed by atoms with Crippen LogP contribution < -0.4 is 10.6 Å². The molecule has 0 aliphatic carbocycles. The van der Waals surface area contributed by atoms with Gasteiger partial charge in [-0.2, -0.15) is 0 Å². The standard InChI is InChI=1S/C16H23N3O2/c1-2-21-12-6-5-9-19(11-12)16(20)15-10-17-13-7-3-4-8-14(13)18-15/h3-4,7-8,12,15,17-18H,2,5-6,9-11H2,1H3. The summed E-state index contributed by atoms with van der Waals surface area (Å²) < 4.78 is 5.68. The summed E-state index contributed by atoms with van der Waals surface area (Å²) in [5, 5.41) is 6.67. The Morgan fingerprint density at radius 3 is 3.00 bits per heavy atom. The second-order valence-electron chi connectivity index (χ2n) is 5.63. The molecule has 114 valence electrons. The molecule has 2 atom stereocenters. The summed E-state index contributed by atoms with van der Waals surface area (Å²) in [6, 6.07) is 7.80. The minimum atomic E-state index is -0.194. The summed E-state index contributed by atoms with van der Waals surface area (Å²) in [6.45, 7) is 4.90. The number of fused-ring (bicyclic) bond motifs is 1. The summed E-state index contributed by atoms with van der Waals surface area (Å²) in [5.41, 5.74) is 2.06. The van der Waals surface area contributed by atoms with Gasteiger partial charge in [0.25, 0.3) is 0 Å². The third-order valence-electron chi connectivity index (χ3n) is 4.14. The van der Waals surface area contributed by atoms with Crippen molar-refractivity contribution >= 4 is 17.3 Å². The molecule has 1 aromatic rings. The molecule has 3 rings (SSSR count). The summed E-state index contributed by atoms with van der Waals surface area (Å²) in [6.07, 6.45) is 2.26. The zero-order valence-electron chi connectivity index (χ0n) is 12.5. The van der Waals surface area contributed by atoms with E-state index in [4.69, 9.17) is 4.74 Å². The zero-order chi connectivity index (χ0) is 14.7. The van der Waals surface area contributed by atoms with Crippen molar-refractivity contribution in [3.8, 4) is 0 Å². The molecule has 2 N–H and O–H groups in total. The van der Waals surface area contributed by atoms with E-state index in [-0.39, 0.29) is 18.1 Å². The number of anilines is 2. The van der Waals surface area contributed by atoms with Gasteiger partial charge in [-0.05, 0) is 31.9 Å². The fourth-order valence-electron chi connectivity index (χ4n) is 3.09. The highest BCUT2D eigenvalue weighted by Gasteiger charge is 2.31. The number of amides is 1. The predicted molar refractivity (Wildman–Crippen MR) is 83.6 cm³/mol. The van der Waals surface area contributed by atoms with Gasteiger partial charge in [0, 0.05) is 26.2 Å². The van der Waals surface area contributed by atoms with Crippen molar-refractivity contribution in [3.63, 3.8) is 0 Å². The van der Waals surface area contributed by atoms with Crippen LogP contribution >= 0.6 is 0 Å². The van der Waals surface area contributed by atoms with E-state index in [1.54, 1.807) is 0 Å². The minimum absolute atomic E-state index is 0.168. The van der Waals surface area contributed by atoms with Crippen molar-refractivity contribution in [3.05, 3.63) is 24.3 Å². The zero-order valence-corrected chi connectivity index (χ0v) is 12.5. The molecule has 0 saturated carbocycles. The van der Waals surface area contributed by atoms with Crippen LogP contribution in [0.4, 0.5) is 11.4 Å². The average Bonchev–Trinajstić information content (AvgIpc) is 2.54. The van der Waals surface area contributed by atoms with Gasteiger partial charge in [0.1, 0.15) is 6.04 Å². The van der Waals surface area contributed by atoms with Crippen LogP contribution in [0.15, 0.2) is 24.3 Å². The van der Waals surface area contributed by atoms with Gasteiger partial charge in [0.15, 0.2) is 0 Å². The van der Waals surface area contributed by atoms with Crippen molar-refractivity contribution in [2.24, 2.45) is 0 Å². The van der Waals surface area contributed by atoms with Crippen molar-refractivity contribution in [2.75, 3.05) is 36.9 Å². The summed E-state index contributed by atoms with van der Waals surface area (Å²) in [7, 11) is 0. The van der Waals surface area contributed by atoms with Crippen LogP contribution in [0.3, 0.4) is 0 Å². The van der Waals surface area contributed by atoms with Crippen molar-refractivity contribution in [2.45, 2.75) is 31.9 Å². The van der Waals surface area contributed by atoms with Crippen LogP contribution in [0.1, 0.15) is 19.8 Å². The molecule has 5 nitrogen and oxygen atoms in total. The molecule has 2 aliphatic heterocycles. The van der Waals surface area contributed by atoms with Crippen LogP contribution in [0.25, 0.3) is 0 Å². The van der Waals surface area contributed by atoms with Gasteiger partial charge in [0.05, 0.1) is 17.5 Å². The molecule has 1 saturated heterocycles. The quantitative estimate of drug-likeness (QED) is 0.892. The predicted octanol–water partition coefficient (Wildman–Crippen LogP) is 1.92. The molecule has 0 bridgehead atoms. The maximum atomic E-state index is 12.7. The number of rotatable bonds is 3. The van der Waals surface area contributed by atoms with E-state index in [9.17, 15) is 4.79 Å². The molecule has 2 heterocycles.